The van der Waals surface area contributed by atoms with Crippen LogP contribution in [0.5, 0.6) is 5.75 Å². The Balaban J connectivity index is 1.58. The lowest BCUT2D eigenvalue weighted by atomic mass is 9.92. The Morgan fingerprint density at radius 2 is 1.58 bits per heavy atom. The molecular formula is C28H39F3OSi. The summed E-state index contributed by atoms with van der Waals surface area (Å²) >= 11 is 0. The van der Waals surface area contributed by atoms with Gasteiger partial charge in [0.15, 0.2) is 17.4 Å². The molecule has 182 valence electrons. The third kappa shape index (κ3) is 7.63. The first-order chi connectivity index (χ1) is 16.0. The molecule has 3 rings (SSSR count). The first kappa shape index (κ1) is 25.9. The zero-order valence-corrected chi connectivity index (χ0v) is 21.4. The lowest BCUT2D eigenvalue weighted by Crippen LogP contribution is -2.19. The van der Waals surface area contributed by atoms with Crippen LogP contribution in [0.1, 0.15) is 76.7 Å². The number of alkyl halides is 1. The van der Waals surface area contributed by atoms with Crippen molar-refractivity contribution in [3.63, 3.8) is 0 Å². The van der Waals surface area contributed by atoms with Gasteiger partial charge in [0.25, 0.3) is 0 Å². The van der Waals surface area contributed by atoms with E-state index in [-0.39, 0.29) is 6.61 Å². The molecule has 0 saturated carbocycles. The number of halogens is 3. The van der Waals surface area contributed by atoms with E-state index in [2.05, 4.69) is 26.0 Å². The van der Waals surface area contributed by atoms with Crippen molar-refractivity contribution < 1.29 is 17.9 Å². The Morgan fingerprint density at radius 1 is 0.909 bits per heavy atom. The van der Waals surface area contributed by atoms with Gasteiger partial charge in [-0.25, -0.2) is 13.2 Å². The van der Waals surface area contributed by atoms with Crippen molar-refractivity contribution in [2.75, 3.05) is 6.61 Å². The largest absolute Gasteiger partial charge is 0.485 e. The molecule has 1 heterocycles. The molecule has 5 heteroatoms. The summed E-state index contributed by atoms with van der Waals surface area (Å²) in [6, 6.07) is 15.0. The predicted octanol–water partition coefficient (Wildman–Crippen LogP) is 8.83. The van der Waals surface area contributed by atoms with Crippen LogP contribution in [-0.4, -0.2) is 21.6 Å². The molecule has 1 atom stereocenters. The first-order valence-corrected chi connectivity index (χ1v) is 15.3. The average Bonchev–Trinajstić information content (AvgIpc) is 2.82. The lowest BCUT2D eigenvalue weighted by Gasteiger charge is -2.27. The number of hydrogen-bond acceptors (Lipinski definition) is 1. The molecule has 1 unspecified atom stereocenters. The maximum Gasteiger partial charge on any atom is 0.190 e. The molecule has 0 bridgehead atoms. The molecule has 0 amide bonds. The fourth-order valence-electron chi connectivity index (χ4n) is 5.05. The molecule has 33 heavy (non-hydrogen) atoms. The zero-order valence-electron chi connectivity index (χ0n) is 20.2. The first-order valence-electron chi connectivity index (χ1n) is 12.9. The Hall–Kier alpha value is -1.75. The molecule has 1 aliphatic rings. The van der Waals surface area contributed by atoms with E-state index in [1.165, 1.54) is 55.1 Å². The quantitative estimate of drug-likeness (QED) is 0.220. The highest BCUT2D eigenvalue weighted by Crippen LogP contribution is 2.36. The van der Waals surface area contributed by atoms with Crippen LogP contribution in [0.15, 0.2) is 36.4 Å². The van der Waals surface area contributed by atoms with Crippen LogP contribution >= 0.6 is 0 Å². The normalized spacial score (nSPS) is 19.4. The van der Waals surface area contributed by atoms with Gasteiger partial charge in [0.05, 0.1) is 0 Å². The summed E-state index contributed by atoms with van der Waals surface area (Å²) in [6.45, 7) is 4.06. The molecule has 0 N–H and O–H groups in total. The minimum atomic E-state index is -1.22. The number of ether oxygens (including phenoxy) is 1. The van der Waals surface area contributed by atoms with Crippen LogP contribution in [-0.2, 0) is 0 Å². The van der Waals surface area contributed by atoms with Gasteiger partial charge in [-0.15, -0.1) is 0 Å². The van der Waals surface area contributed by atoms with E-state index in [0.29, 0.717) is 17.9 Å². The van der Waals surface area contributed by atoms with Crippen molar-refractivity contribution in [3.8, 4) is 16.9 Å². The van der Waals surface area contributed by atoms with Crippen molar-refractivity contribution in [3.05, 3.63) is 53.6 Å². The van der Waals surface area contributed by atoms with E-state index in [1.807, 2.05) is 12.1 Å². The van der Waals surface area contributed by atoms with Crippen LogP contribution in [0.25, 0.3) is 11.1 Å². The fourth-order valence-corrected chi connectivity index (χ4v) is 8.48. The SMILES string of the molecule is CCCCCCC(F)COc1c(F)cc(-c2ccc(C3CC[SiH](CCC)CC3)cc2)cc1F. The minimum absolute atomic E-state index is 0.322. The summed E-state index contributed by atoms with van der Waals surface area (Å²) in [6.07, 6.45) is 6.90. The summed E-state index contributed by atoms with van der Waals surface area (Å²) in [4.78, 5) is 0. The topological polar surface area (TPSA) is 9.23 Å². The molecule has 1 aliphatic heterocycles. The van der Waals surface area contributed by atoms with Crippen molar-refractivity contribution in [1.29, 1.82) is 0 Å². The van der Waals surface area contributed by atoms with Crippen LogP contribution < -0.4 is 4.74 Å². The molecule has 2 aromatic carbocycles. The van der Waals surface area contributed by atoms with Gasteiger partial charge in [0, 0.05) is 8.80 Å². The van der Waals surface area contributed by atoms with Gasteiger partial charge in [0.1, 0.15) is 12.8 Å². The molecule has 0 aliphatic carbocycles. The Labute approximate surface area is 199 Å². The lowest BCUT2D eigenvalue weighted by molar-refractivity contribution is 0.173. The Kier molecular flexibility index (Phi) is 10.4. The van der Waals surface area contributed by atoms with Gasteiger partial charge in [-0.2, -0.15) is 0 Å². The maximum atomic E-state index is 14.6. The van der Waals surface area contributed by atoms with Gasteiger partial charge >= 0.3 is 0 Å². The second-order valence-corrected chi connectivity index (χ2v) is 13.1. The monoisotopic (exact) mass is 476 g/mol. The van der Waals surface area contributed by atoms with Crippen molar-refractivity contribution in [2.45, 2.75) is 95.4 Å². The number of rotatable bonds is 12. The number of benzene rings is 2. The van der Waals surface area contributed by atoms with E-state index < -0.39 is 32.4 Å². The second kappa shape index (κ2) is 13.2. The molecule has 0 aromatic heterocycles. The van der Waals surface area contributed by atoms with Crippen LogP contribution in [0.4, 0.5) is 13.2 Å². The van der Waals surface area contributed by atoms with Crippen LogP contribution in [0.3, 0.4) is 0 Å². The summed E-state index contributed by atoms with van der Waals surface area (Å²) < 4.78 is 48.4. The minimum Gasteiger partial charge on any atom is -0.485 e. The number of hydrogen-bond donors (Lipinski definition) is 0. The highest BCUT2D eigenvalue weighted by molar-refractivity contribution is 6.59. The van der Waals surface area contributed by atoms with E-state index >= 15 is 0 Å². The van der Waals surface area contributed by atoms with Gasteiger partial charge in [-0.1, -0.05) is 88.3 Å². The molecular weight excluding hydrogens is 437 g/mol. The van der Waals surface area contributed by atoms with Crippen molar-refractivity contribution >= 4 is 8.80 Å². The van der Waals surface area contributed by atoms with Gasteiger partial charge in [0.2, 0.25) is 0 Å². The van der Waals surface area contributed by atoms with Gasteiger partial charge in [-0.3, -0.25) is 0 Å². The standard InChI is InChI=1S/C28H39F3OSi/c1-3-5-6-7-8-25(29)20-32-28-26(30)18-24(19-27(28)31)22-11-9-21(10-12-22)23-13-16-33(15-4-2)17-14-23/h9-12,18-19,23,25,33H,3-8,13-17,20H2,1-2H3. The molecule has 1 nitrogen and oxygen atoms in total. The summed E-state index contributed by atoms with van der Waals surface area (Å²) in [5, 5.41) is 0. The van der Waals surface area contributed by atoms with E-state index in [1.54, 1.807) is 0 Å². The smallest absolute Gasteiger partial charge is 0.190 e. The zero-order chi connectivity index (χ0) is 23.6. The second-order valence-electron chi connectivity index (χ2n) is 9.65. The average molecular weight is 477 g/mol. The highest BCUT2D eigenvalue weighted by atomic mass is 28.3. The molecule has 0 radical (unpaired) electrons. The van der Waals surface area contributed by atoms with E-state index in [0.717, 1.165) is 31.2 Å². The highest BCUT2D eigenvalue weighted by Gasteiger charge is 2.23. The van der Waals surface area contributed by atoms with Crippen LogP contribution in [0, 0.1) is 11.6 Å². The predicted molar refractivity (Wildman–Crippen MR) is 135 cm³/mol. The van der Waals surface area contributed by atoms with E-state index in [4.69, 9.17) is 4.74 Å². The summed E-state index contributed by atoms with van der Waals surface area (Å²) in [5.41, 5.74) is 2.58. The van der Waals surface area contributed by atoms with Gasteiger partial charge in [-0.05, 0) is 54.0 Å². The molecule has 0 spiro atoms. The third-order valence-corrected chi connectivity index (χ3v) is 10.7. The van der Waals surface area contributed by atoms with Crippen molar-refractivity contribution in [2.24, 2.45) is 0 Å². The maximum absolute atomic E-state index is 14.6. The molecule has 1 fully saturated rings. The van der Waals surface area contributed by atoms with Gasteiger partial charge < -0.3 is 4.74 Å². The molecule has 2 aromatic rings. The Bertz CT molecular complexity index is 824. The summed E-state index contributed by atoms with van der Waals surface area (Å²) in [7, 11) is -0.504. The van der Waals surface area contributed by atoms with E-state index in [9.17, 15) is 13.2 Å². The summed E-state index contributed by atoms with van der Waals surface area (Å²) in [5.74, 6) is -1.45. The molecule has 1 saturated heterocycles. The fraction of sp³-hybridized carbons (Fsp3) is 0.571. The van der Waals surface area contributed by atoms with Crippen molar-refractivity contribution in [1.82, 2.24) is 0 Å². The Morgan fingerprint density at radius 3 is 2.18 bits per heavy atom. The number of unbranched alkanes of at least 4 members (excludes halogenated alkanes) is 3. The van der Waals surface area contributed by atoms with Crippen LogP contribution in [0.2, 0.25) is 18.1 Å². The third-order valence-electron chi connectivity index (χ3n) is 7.04.